The van der Waals surface area contributed by atoms with E-state index in [-0.39, 0.29) is 124 Å². The second kappa shape index (κ2) is 11.4. The van der Waals surface area contributed by atoms with Crippen LogP contribution >= 0.6 is 0 Å². The fourth-order valence-corrected chi connectivity index (χ4v) is 10.4. The summed E-state index contributed by atoms with van der Waals surface area (Å²) in [5.41, 5.74) is -2.70. The number of hydrogen-bond donors (Lipinski definition) is 0. The zero-order valence-electron chi connectivity index (χ0n) is 26.8. The van der Waals surface area contributed by atoms with Crippen LogP contribution in [0, 0.1) is 47.3 Å². The van der Waals surface area contributed by atoms with Crippen molar-refractivity contribution in [3.8, 4) is 0 Å². The molecule has 3 saturated heterocycles. The third-order valence-corrected chi connectivity index (χ3v) is 12.7. The number of fused-ring (bicyclic) bond motifs is 12. The number of nitrogens with zero attached hydrogens (tertiary/aromatic N) is 3. The van der Waals surface area contributed by atoms with Crippen molar-refractivity contribution in [2.45, 2.75) is 102 Å². The maximum atomic E-state index is 13.5. The van der Waals surface area contributed by atoms with Crippen LogP contribution in [0.5, 0.6) is 0 Å². The first-order valence-corrected chi connectivity index (χ1v) is 17.6. The van der Waals surface area contributed by atoms with Crippen LogP contribution in [0.4, 0.5) is 0 Å². The summed E-state index contributed by atoms with van der Waals surface area (Å²) >= 11 is 0. The van der Waals surface area contributed by atoms with E-state index in [2.05, 4.69) is 0 Å². The molecule has 1 aromatic heterocycles. The largest absolute Gasteiger partial charge is 0.464 e. The second-order valence-corrected chi connectivity index (χ2v) is 15.1. The standard InChI is InChI=1S/C33H41N3O12/c1-14-18-12-17(46-14)13-23(18)30(39)45-7-4-36-32(41)34(2-5-43-28(37)21-10-15-8-19(21)26-24(15)47-26)31(40)35(33(36)42)3-6-44-29(38)22-11-16-9-20(22)27-25(16)48-27/h14-27H,2-13H2,1H3. The van der Waals surface area contributed by atoms with Crippen LogP contribution in [0.25, 0.3) is 0 Å². The molecule has 0 N–H and O–H groups in total. The molecule has 48 heavy (non-hydrogen) atoms. The molecule has 14 atom stereocenters. The Bertz CT molecular complexity index is 1520. The average Bonchev–Trinajstić information content (AvgIpc) is 3.65. The summed E-state index contributed by atoms with van der Waals surface area (Å²) in [4.78, 5) is 79.2. The number of carbonyl (C=O) groups excluding carboxylic acids is 3. The topological polar surface area (TPSA) is 179 Å². The Hall–Kier alpha value is -3.30. The van der Waals surface area contributed by atoms with E-state index in [0.29, 0.717) is 31.1 Å². The Labute approximate surface area is 274 Å². The lowest BCUT2D eigenvalue weighted by Gasteiger charge is -2.25. The highest BCUT2D eigenvalue weighted by atomic mass is 16.6. The minimum absolute atomic E-state index is 0.0339. The summed E-state index contributed by atoms with van der Waals surface area (Å²) in [5.74, 6) is -0.850. The number of esters is 3. The Balaban J connectivity index is 0.875. The highest BCUT2D eigenvalue weighted by Crippen LogP contribution is 2.60. The minimum atomic E-state index is -0.901. The van der Waals surface area contributed by atoms with Crippen molar-refractivity contribution < 1.29 is 42.8 Å². The van der Waals surface area contributed by atoms with Gasteiger partial charge in [-0.3, -0.25) is 14.4 Å². The number of epoxide rings is 2. The monoisotopic (exact) mass is 671 g/mol. The molecule has 0 amide bonds. The van der Waals surface area contributed by atoms with Gasteiger partial charge in [0.15, 0.2) is 0 Å². The summed E-state index contributed by atoms with van der Waals surface area (Å²) in [6, 6.07) is 0. The van der Waals surface area contributed by atoms with Crippen LogP contribution in [-0.4, -0.2) is 88.1 Å². The van der Waals surface area contributed by atoms with Gasteiger partial charge in [-0.25, -0.2) is 28.1 Å². The Kier molecular flexibility index (Phi) is 7.28. The number of carbonyl (C=O) groups is 3. The van der Waals surface area contributed by atoms with Gasteiger partial charge in [-0.1, -0.05) is 0 Å². The van der Waals surface area contributed by atoms with Gasteiger partial charge in [0.25, 0.3) is 0 Å². The maximum absolute atomic E-state index is 13.5. The normalized spacial score (nSPS) is 41.7. The summed E-state index contributed by atoms with van der Waals surface area (Å²) in [6.45, 7) is 0.384. The SMILES string of the molecule is CC1OC2CC(C(=O)OCCn3c(=O)n(CCOC(=O)C4CC5CC4C4OC54)c(=O)n(CCOC(=O)C4CC5CC4C4OC54)c3=O)C1C2. The molecule has 14 unspecified atom stereocenters. The van der Waals surface area contributed by atoms with Crippen LogP contribution < -0.4 is 17.1 Å². The number of hydrogen-bond acceptors (Lipinski definition) is 12. The summed E-state index contributed by atoms with van der Waals surface area (Å²) in [7, 11) is 0. The van der Waals surface area contributed by atoms with Gasteiger partial charge in [0, 0.05) is 17.8 Å². The van der Waals surface area contributed by atoms with E-state index in [9.17, 15) is 28.8 Å². The summed E-state index contributed by atoms with van der Waals surface area (Å²) in [6.07, 6.45) is 5.52. The van der Waals surface area contributed by atoms with Gasteiger partial charge < -0.3 is 28.4 Å². The van der Waals surface area contributed by atoms with Crippen molar-refractivity contribution in [3.63, 3.8) is 0 Å². The first-order valence-electron chi connectivity index (χ1n) is 17.6. The van der Waals surface area contributed by atoms with E-state index in [1.54, 1.807) is 0 Å². The van der Waals surface area contributed by atoms with Gasteiger partial charge in [-0.2, -0.15) is 0 Å². The lowest BCUT2D eigenvalue weighted by Crippen LogP contribution is -2.55. The quantitative estimate of drug-likeness (QED) is 0.158. The molecule has 4 heterocycles. The van der Waals surface area contributed by atoms with Crippen LogP contribution in [0.3, 0.4) is 0 Å². The Morgan fingerprint density at radius 3 is 1.33 bits per heavy atom. The molecule has 15 heteroatoms. The van der Waals surface area contributed by atoms with Gasteiger partial charge >= 0.3 is 35.0 Å². The molecule has 0 aromatic carbocycles. The van der Waals surface area contributed by atoms with Gasteiger partial charge in [0.1, 0.15) is 19.8 Å². The molecule has 1 aromatic rings. The van der Waals surface area contributed by atoms with Gasteiger partial charge in [-0.15, -0.1) is 0 Å². The molecule has 5 aliphatic carbocycles. The first-order chi connectivity index (χ1) is 23.2. The maximum Gasteiger partial charge on any atom is 0.336 e. The molecule has 260 valence electrons. The van der Waals surface area contributed by atoms with Crippen LogP contribution in [0.2, 0.25) is 0 Å². The zero-order valence-corrected chi connectivity index (χ0v) is 26.8. The number of aromatic nitrogens is 3. The molecule has 8 aliphatic rings. The first kappa shape index (κ1) is 30.7. The average molecular weight is 672 g/mol. The Morgan fingerprint density at radius 2 is 0.979 bits per heavy atom. The third kappa shape index (κ3) is 4.93. The summed E-state index contributed by atoms with van der Waals surface area (Å²) in [5, 5.41) is 0. The van der Waals surface area contributed by atoms with E-state index in [1.165, 1.54) is 0 Å². The van der Waals surface area contributed by atoms with Crippen LogP contribution in [0.15, 0.2) is 14.4 Å². The van der Waals surface area contributed by atoms with E-state index in [1.807, 2.05) is 6.92 Å². The van der Waals surface area contributed by atoms with E-state index in [4.69, 9.17) is 28.4 Å². The zero-order chi connectivity index (χ0) is 33.0. The molecule has 0 spiro atoms. The predicted octanol–water partition coefficient (Wildman–Crippen LogP) is -0.538. The Morgan fingerprint density at radius 1 is 0.562 bits per heavy atom. The molecule has 0 radical (unpaired) electrons. The minimum Gasteiger partial charge on any atom is -0.464 e. The summed E-state index contributed by atoms with van der Waals surface area (Å²) < 4.78 is 36.2. The van der Waals surface area contributed by atoms with Gasteiger partial charge in [0.2, 0.25) is 0 Å². The van der Waals surface area contributed by atoms with Crippen LogP contribution in [0.1, 0.15) is 45.4 Å². The van der Waals surface area contributed by atoms with Crippen LogP contribution in [-0.2, 0) is 62.4 Å². The number of rotatable bonds is 12. The van der Waals surface area contributed by atoms with E-state index in [0.717, 1.165) is 33.0 Å². The molecule has 6 bridgehead atoms. The molecule has 5 saturated carbocycles. The fourth-order valence-electron chi connectivity index (χ4n) is 10.4. The lowest BCUT2D eigenvalue weighted by molar-refractivity contribution is -0.154. The van der Waals surface area contributed by atoms with Crippen molar-refractivity contribution in [3.05, 3.63) is 31.5 Å². The van der Waals surface area contributed by atoms with Crippen molar-refractivity contribution in [2.75, 3.05) is 19.8 Å². The molecule has 15 nitrogen and oxygen atoms in total. The highest BCUT2D eigenvalue weighted by Gasteiger charge is 2.66. The lowest BCUT2D eigenvalue weighted by atomic mass is 9.89. The van der Waals surface area contributed by atoms with Crippen molar-refractivity contribution in [1.29, 1.82) is 0 Å². The van der Waals surface area contributed by atoms with E-state index >= 15 is 0 Å². The van der Waals surface area contributed by atoms with Gasteiger partial charge in [0.05, 0.1) is 74.0 Å². The highest BCUT2D eigenvalue weighted by molar-refractivity contribution is 5.74. The van der Waals surface area contributed by atoms with Crippen molar-refractivity contribution in [2.24, 2.45) is 47.3 Å². The molecular formula is C33H41N3O12. The van der Waals surface area contributed by atoms with Crippen molar-refractivity contribution in [1.82, 2.24) is 13.7 Å². The van der Waals surface area contributed by atoms with E-state index < -0.39 is 23.0 Å². The molecule has 8 fully saturated rings. The predicted molar refractivity (Wildman–Crippen MR) is 159 cm³/mol. The molecule has 3 aliphatic heterocycles. The smallest absolute Gasteiger partial charge is 0.336 e. The molecule has 9 rings (SSSR count). The third-order valence-electron chi connectivity index (χ3n) is 12.7. The van der Waals surface area contributed by atoms with Crippen molar-refractivity contribution >= 4 is 17.9 Å². The van der Waals surface area contributed by atoms with Gasteiger partial charge in [-0.05, 0) is 57.3 Å². The molecular weight excluding hydrogens is 630 g/mol. The number of ether oxygens (including phenoxy) is 6. The second-order valence-electron chi connectivity index (χ2n) is 15.1. The fraction of sp³-hybridized carbons (Fsp3) is 0.818.